The quantitative estimate of drug-likeness (QED) is 0.882. The Kier molecular flexibility index (Phi) is 5.18. The molecule has 22 heavy (non-hydrogen) atoms. The van der Waals surface area contributed by atoms with Crippen LogP contribution in [0.3, 0.4) is 0 Å². The van der Waals surface area contributed by atoms with Gasteiger partial charge in [0, 0.05) is 4.47 Å². The van der Waals surface area contributed by atoms with E-state index in [9.17, 15) is 4.79 Å². The number of anilines is 1. The van der Waals surface area contributed by atoms with Crippen molar-refractivity contribution in [2.45, 2.75) is 20.0 Å². The largest absolute Gasteiger partial charge is 0.490 e. The number of para-hydroxylation sites is 1. The average molecular weight is 359 g/mol. The Balaban J connectivity index is 2.33. The summed E-state index contributed by atoms with van der Waals surface area (Å²) in [5, 5.41) is 11.8. The van der Waals surface area contributed by atoms with E-state index in [0.29, 0.717) is 22.6 Å². The first-order chi connectivity index (χ1) is 10.5. The third-order valence-corrected chi connectivity index (χ3v) is 3.34. The molecule has 1 amide bonds. The Bertz CT molecular complexity index is 736. The number of hydrogen-bond acceptors (Lipinski definition) is 3. The van der Waals surface area contributed by atoms with Gasteiger partial charge < -0.3 is 10.1 Å². The molecule has 0 fully saturated rings. The number of carbonyl (C=O) groups excluding carboxylic acids is 1. The Morgan fingerprint density at radius 3 is 2.68 bits per heavy atom. The van der Waals surface area contributed by atoms with Crippen LogP contribution in [0, 0.1) is 11.3 Å². The van der Waals surface area contributed by atoms with Gasteiger partial charge >= 0.3 is 0 Å². The molecule has 2 aromatic rings. The summed E-state index contributed by atoms with van der Waals surface area (Å²) in [6.45, 7) is 3.80. The van der Waals surface area contributed by atoms with Crippen molar-refractivity contribution in [3.63, 3.8) is 0 Å². The van der Waals surface area contributed by atoms with Gasteiger partial charge in [-0.1, -0.05) is 28.1 Å². The molecule has 0 spiro atoms. The minimum absolute atomic E-state index is 0.0425. The maximum Gasteiger partial charge on any atom is 0.259 e. The number of ether oxygens (including phenoxy) is 1. The number of nitrogens with zero attached hydrogens (tertiary/aromatic N) is 1. The van der Waals surface area contributed by atoms with Gasteiger partial charge in [0.2, 0.25) is 0 Å². The topological polar surface area (TPSA) is 62.1 Å². The summed E-state index contributed by atoms with van der Waals surface area (Å²) in [6.07, 6.45) is -0.0425. The Morgan fingerprint density at radius 2 is 2.00 bits per heavy atom. The molecular weight excluding hydrogens is 344 g/mol. The zero-order valence-corrected chi connectivity index (χ0v) is 13.8. The summed E-state index contributed by atoms with van der Waals surface area (Å²) >= 11 is 3.36. The van der Waals surface area contributed by atoms with Gasteiger partial charge in [-0.3, -0.25) is 4.79 Å². The van der Waals surface area contributed by atoms with Gasteiger partial charge in [0.25, 0.3) is 5.91 Å². The predicted octanol–water partition coefficient (Wildman–Crippen LogP) is 4.36. The van der Waals surface area contributed by atoms with Crippen molar-refractivity contribution in [3.05, 3.63) is 58.1 Å². The van der Waals surface area contributed by atoms with Gasteiger partial charge in [-0.15, -0.1) is 0 Å². The van der Waals surface area contributed by atoms with Crippen LogP contribution in [-0.4, -0.2) is 12.0 Å². The standard InChI is InChI=1S/C17H15BrN2O2/c1-11(2)22-16-8-7-13(18)9-14(16)17(21)20-15-6-4-3-5-12(15)10-19/h3-9,11H,1-2H3,(H,20,21). The molecule has 0 atom stereocenters. The van der Waals surface area contributed by atoms with E-state index in [0.717, 1.165) is 4.47 Å². The third-order valence-electron chi connectivity index (χ3n) is 2.84. The van der Waals surface area contributed by atoms with Crippen molar-refractivity contribution in [2.75, 3.05) is 5.32 Å². The minimum Gasteiger partial charge on any atom is -0.490 e. The highest BCUT2D eigenvalue weighted by molar-refractivity contribution is 9.10. The number of nitriles is 1. The molecule has 0 aliphatic rings. The highest BCUT2D eigenvalue weighted by Gasteiger charge is 2.15. The van der Waals surface area contributed by atoms with Crippen LogP contribution in [-0.2, 0) is 0 Å². The van der Waals surface area contributed by atoms with Crippen LogP contribution in [0.2, 0.25) is 0 Å². The van der Waals surface area contributed by atoms with E-state index in [2.05, 4.69) is 27.3 Å². The molecule has 0 aliphatic heterocycles. The molecule has 4 nitrogen and oxygen atoms in total. The van der Waals surface area contributed by atoms with E-state index in [4.69, 9.17) is 10.00 Å². The summed E-state index contributed by atoms with van der Waals surface area (Å²) in [6, 6.07) is 14.2. The van der Waals surface area contributed by atoms with E-state index in [1.54, 1.807) is 36.4 Å². The van der Waals surface area contributed by atoms with Crippen molar-refractivity contribution in [2.24, 2.45) is 0 Å². The van der Waals surface area contributed by atoms with Crippen molar-refractivity contribution in [3.8, 4) is 11.8 Å². The summed E-state index contributed by atoms with van der Waals surface area (Å²) in [5.74, 6) is 0.185. The van der Waals surface area contributed by atoms with Crippen molar-refractivity contribution < 1.29 is 9.53 Å². The number of rotatable bonds is 4. The van der Waals surface area contributed by atoms with Gasteiger partial charge in [0.1, 0.15) is 11.8 Å². The average Bonchev–Trinajstić information content (AvgIpc) is 2.49. The summed E-state index contributed by atoms with van der Waals surface area (Å²) in [4.78, 5) is 12.5. The first-order valence-corrected chi connectivity index (χ1v) is 7.57. The fraction of sp³-hybridized carbons (Fsp3) is 0.176. The van der Waals surface area contributed by atoms with E-state index in [1.165, 1.54) is 0 Å². The molecule has 0 heterocycles. The summed E-state index contributed by atoms with van der Waals surface area (Å²) in [7, 11) is 0. The van der Waals surface area contributed by atoms with Crippen LogP contribution in [0.1, 0.15) is 29.8 Å². The minimum atomic E-state index is -0.320. The van der Waals surface area contributed by atoms with Gasteiger partial charge in [0.15, 0.2) is 0 Å². The van der Waals surface area contributed by atoms with Gasteiger partial charge in [-0.25, -0.2) is 0 Å². The zero-order chi connectivity index (χ0) is 16.1. The van der Waals surface area contributed by atoms with Crippen LogP contribution in [0.15, 0.2) is 46.9 Å². The molecule has 1 N–H and O–H groups in total. The van der Waals surface area contributed by atoms with Crippen molar-refractivity contribution in [1.82, 2.24) is 0 Å². The van der Waals surface area contributed by atoms with E-state index < -0.39 is 0 Å². The van der Waals surface area contributed by atoms with E-state index in [-0.39, 0.29) is 12.0 Å². The molecule has 0 saturated heterocycles. The number of halogens is 1. The number of carbonyl (C=O) groups is 1. The van der Waals surface area contributed by atoms with Crippen molar-refractivity contribution >= 4 is 27.5 Å². The maximum atomic E-state index is 12.5. The Labute approximate surface area is 137 Å². The molecule has 0 unspecified atom stereocenters. The Morgan fingerprint density at radius 1 is 1.27 bits per heavy atom. The lowest BCUT2D eigenvalue weighted by Crippen LogP contribution is -2.16. The maximum absolute atomic E-state index is 12.5. The number of hydrogen-bond donors (Lipinski definition) is 1. The highest BCUT2D eigenvalue weighted by atomic mass is 79.9. The van der Waals surface area contributed by atoms with Crippen LogP contribution in [0.4, 0.5) is 5.69 Å². The monoisotopic (exact) mass is 358 g/mol. The van der Waals surface area contributed by atoms with Crippen LogP contribution in [0.25, 0.3) is 0 Å². The summed E-state index contributed by atoms with van der Waals surface area (Å²) < 4.78 is 6.45. The molecule has 0 radical (unpaired) electrons. The van der Waals surface area contributed by atoms with E-state index in [1.807, 2.05) is 19.9 Å². The molecule has 0 bridgehead atoms. The number of benzene rings is 2. The molecule has 2 aromatic carbocycles. The summed E-state index contributed by atoms with van der Waals surface area (Å²) in [5.41, 5.74) is 1.30. The molecule has 0 aliphatic carbocycles. The lowest BCUT2D eigenvalue weighted by molar-refractivity contribution is 0.102. The predicted molar refractivity (Wildman–Crippen MR) is 89.0 cm³/mol. The zero-order valence-electron chi connectivity index (χ0n) is 12.3. The number of nitrogens with one attached hydrogen (secondary N) is 1. The normalized spacial score (nSPS) is 10.1. The van der Waals surface area contributed by atoms with E-state index >= 15 is 0 Å². The second kappa shape index (κ2) is 7.10. The molecule has 0 aromatic heterocycles. The fourth-order valence-electron chi connectivity index (χ4n) is 1.92. The highest BCUT2D eigenvalue weighted by Crippen LogP contribution is 2.26. The lowest BCUT2D eigenvalue weighted by atomic mass is 10.1. The van der Waals surface area contributed by atoms with Gasteiger partial charge in [-0.05, 0) is 44.2 Å². The second-order valence-corrected chi connectivity index (χ2v) is 5.83. The third kappa shape index (κ3) is 3.86. The van der Waals surface area contributed by atoms with Gasteiger partial charge in [-0.2, -0.15) is 5.26 Å². The smallest absolute Gasteiger partial charge is 0.259 e. The molecule has 2 rings (SSSR count). The molecule has 5 heteroatoms. The first kappa shape index (κ1) is 16.1. The lowest BCUT2D eigenvalue weighted by Gasteiger charge is -2.15. The molecule has 112 valence electrons. The molecule has 0 saturated carbocycles. The molecular formula is C17H15BrN2O2. The van der Waals surface area contributed by atoms with Crippen LogP contribution in [0.5, 0.6) is 5.75 Å². The first-order valence-electron chi connectivity index (χ1n) is 6.78. The van der Waals surface area contributed by atoms with Gasteiger partial charge in [0.05, 0.1) is 22.9 Å². The number of amides is 1. The second-order valence-electron chi connectivity index (χ2n) is 4.92. The van der Waals surface area contributed by atoms with Crippen molar-refractivity contribution in [1.29, 1.82) is 5.26 Å². The van der Waals surface area contributed by atoms with Crippen LogP contribution < -0.4 is 10.1 Å². The SMILES string of the molecule is CC(C)Oc1ccc(Br)cc1C(=O)Nc1ccccc1C#N. The van der Waals surface area contributed by atoms with Crippen LogP contribution >= 0.6 is 15.9 Å². The fourth-order valence-corrected chi connectivity index (χ4v) is 2.28. The Hall–Kier alpha value is -2.32.